The first-order chi connectivity index (χ1) is 14.0. The van der Waals surface area contributed by atoms with E-state index >= 15 is 0 Å². The standard InChI is InChI=1S/C14H13N3O2.C7H7NO2/c15-14(18)19-10-11-6-8-13(9-7-11)17-16-12-4-2-1-3-5-12;8-7(9)10-6-4-2-1-3-5-6/h1-9H,10H2,(H2,15,18);1-5H,(H2,8,9). The van der Waals surface area contributed by atoms with E-state index in [1.165, 1.54) is 0 Å². The summed E-state index contributed by atoms with van der Waals surface area (Å²) >= 11 is 0. The van der Waals surface area contributed by atoms with Crippen molar-refractivity contribution in [3.05, 3.63) is 90.5 Å². The van der Waals surface area contributed by atoms with Crippen molar-refractivity contribution in [3.8, 4) is 5.75 Å². The summed E-state index contributed by atoms with van der Waals surface area (Å²) in [5.74, 6) is 0.468. The number of primary amides is 2. The van der Waals surface area contributed by atoms with E-state index < -0.39 is 12.2 Å². The first kappa shape index (κ1) is 21.1. The Morgan fingerprint density at radius 3 is 1.72 bits per heavy atom. The Kier molecular flexibility index (Phi) is 8.37. The second-order valence-electron chi connectivity index (χ2n) is 5.54. The molecule has 3 aromatic rings. The van der Waals surface area contributed by atoms with Gasteiger partial charge in [-0.15, -0.1) is 0 Å². The monoisotopic (exact) mass is 392 g/mol. The molecule has 0 bridgehead atoms. The molecule has 0 saturated carbocycles. The van der Waals surface area contributed by atoms with Crippen LogP contribution < -0.4 is 16.2 Å². The van der Waals surface area contributed by atoms with Crippen LogP contribution in [0.1, 0.15) is 5.56 Å². The van der Waals surface area contributed by atoms with Crippen molar-refractivity contribution in [2.45, 2.75) is 6.61 Å². The Hall–Kier alpha value is -4.20. The van der Waals surface area contributed by atoms with Gasteiger partial charge in [-0.05, 0) is 42.0 Å². The predicted octanol–water partition coefficient (Wildman–Crippen LogP) is 4.84. The lowest BCUT2D eigenvalue weighted by molar-refractivity contribution is 0.150. The molecule has 0 spiro atoms. The SMILES string of the molecule is NC(=O)OCc1ccc(N=Nc2ccccc2)cc1.NC(=O)Oc1ccccc1. The first-order valence-electron chi connectivity index (χ1n) is 8.53. The van der Waals surface area contributed by atoms with Crippen molar-refractivity contribution >= 4 is 23.6 Å². The van der Waals surface area contributed by atoms with Crippen LogP contribution in [0.3, 0.4) is 0 Å². The van der Waals surface area contributed by atoms with Crippen molar-refractivity contribution in [2.75, 3.05) is 0 Å². The first-order valence-corrected chi connectivity index (χ1v) is 8.53. The van der Waals surface area contributed by atoms with Gasteiger partial charge in [0.05, 0.1) is 11.4 Å². The lowest BCUT2D eigenvalue weighted by Gasteiger charge is -2.01. The topological polar surface area (TPSA) is 129 Å². The predicted molar refractivity (Wildman–Crippen MR) is 108 cm³/mol. The summed E-state index contributed by atoms with van der Waals surface area (Å²) in [4.78, 5) is 20.6. The molecule has 0 heterocycles. The van der Waals surface area contributed by atoms with E-state index in [1.54, 1.807) is 36.4 Å². The second-order valence-corrected chi connectivity index (χ2v) is 5.54. The van der Waals surface area contributed by atoms with E-state index in [0.29, 0.717) is 5.75 Å². The summed E-state index contributed by atoms with van der Waals surface area (Å²) < 4.78 is 9.23. The molecule has 3 aromatic carbocycles. The molecule has 0 aliphatic rings. The van der Waals surface area contributed by atoms with Crippen molar-refractivity contribution in [2.24, 2.45) is 21.7 Å². The van der Waals surface area contributed by atoms with Gasteiger partial charge in [-0.25, -0.2) is 9.59 Å². The van der Waals surface area contributed by atoms with Crippen molar-refractivity contribution < 1.29 is 19.1 Å². The summed E-state index contributed by atoms with van der Waals surface area (Å²) in [6.07, 6.45) is -1.57. The van der Waals surface area contributed by atoms with Crippen molar-refractivity contribution in [1.29, 1.82) is 0 Å². The van der Waals surface area contributed by atoms with E-state index in [-0.39, 0.29) is 6.61 Å². The van der Waals surface area contributed by atoms with Crippen LogP contribution >= 0.6 is 0 Å². The molecular formula is C21H20N4O4. The molecule has 0 unspecified atom stereocenters. The van der Waals surface area contributed by atoms with Gasteiger partial charge in [0.2, 0.25) is 0 Å². The highest BCUT2D eigenvalue weighted by Gasteiger charge is 1.97. The summed E-state index contributed by atoms with van der Waals surface area (Å²) in [7, 11) is 0. The van der Waals surface area contributed by atoms with Gasteiger partial charge < -0.3 is 20.9 Å². The smallest absolute Gasteiger partial charge is 0.409 e. The number of amides is 2. The fraction of sp³-hybridized carbons (Fsp3) is 0.0476. The molecule has 0 atom stereocenters. The minimum absolute atomic E-state index is 0.158. The normalized spacial score (nSPS) is 9.93. The number of azo groups is 1. The Morgan fingerprint density at radius 2 is 1.21 bits per heavy atom. The highest BCUT2D eigenvalue weighted by Crippen LogP contribution is 2.18. The van der Waals surface area contributed by atoms with Gasteiger partial charge in [0.25, 0.3) is 0 Å². The molecule has 0 aliphatic carbocycles. The third-order valence-corrected chi connectivity index (χ3v) is 3.32. The number of hydrogen-bond acceptors (Lipinski definition) is 6. The molecular weight excluding hydrogens is 372 g/mol. The molecule has 4 N–H and O–H groups in total. The van der Waals surface area contributed by atoms with Gasteiger partial charge in [0.15, 0.2) is 0 Å². The zero-order valence-electron chi connectivity index (χ0n) is 15.5. The van der Waals surface area contributed by atoms with Gasteiger partial charge in [-0.1, -0.05) is 48.5 Å². The van der Waals surface area contributed by atoms with Gasteiger partial charge in [-0.3, -0.25) is 0 Å². The fourth-order valence-electron chi connectivity index (χ4n) is 2.03. The van der Waals surface area contributed by atoms with E-state index in [0.717, 1.165) is 16.9 Å². The van der Waals surface area contributed by atoms with Crippen LogP contribution in [-0.2, 0) is 11.3 Å². The quantitative estimate of drug-likeness (QED) is 0.602. The molecule has 2 amide bonds. The lowest BCUT2D eigenvalue weighted by Crippen LogP contribution is -2.15. The molecule has 0 saturated heterocycles. The molecule has 0 aliphatic heterocycles. The Morgan fingerprint density at radius 1 is 0.690 bits per heavy atom. The van der Waals surface area contributed by atoms with E-state index in [9.17, 15) is 9.59 Å². The van der Waals surface area contributed by atoms with Crippen LogP contribution in [0, 0.1) is 0 Å². The van der Waals surface area contributed by atoms with E-state index in [1.807, 2.05) is 48.5 Å². The third-order valence-electron chi connectivity index (χ3n) is 3.32. The lowest BCUT2D eigenvalue weighted by atomic mass is 10.2. The maximum absolute atomic E-state index is 10.5. The molecule has 8 heteroatoms. The molecule has 0 aromatic heterocycles. The van der Waals surface area contributed by atoms with Crippen LogP contribution in [0.4, 0.5) is 21.0 Å². The Balaban J connectivity index is 0.000000253. The van der Waals surface area contributed by atoms with Crippen LogP contribution in [0.15, 0.2) is 95.2 Å². The highest BCUT2D eigenvalue weighted by atomic mass is 16.5. The van der Waals surface area contributed by atoms with Crippen molar-refractivity contribution in [1.82, 2.24) is 0 Å². The summed E-state index contributed by atoms with van der Waals surface area (Å²) in [5, 5.41) is 8.21. The average molecular weight is 392 g/mol. The third kappa shape index (κ3) is 8.83. The van der Waals surface area contributed by atoms with E-state index in [2.05, 4.69) is 19.7 Å². The van der Waals surface area contributed by atoms with Crippen molar-refractivity contribution in [3.63, 3.8) is 0 Å². The van der Waals surface area contributed by atoms with Gasteiger partial charge in [0, 0.05) is 0 Å². The maximum Gasteiger partial charge on any atom is 0.409 e. The number of para-hydroxylation sites is 1. The van der Waals surface area contributed by atoms with E-state index in [4.69, 9.17) is 11.5 Å². The number of carbonyl (C=O) groups excluding carboxylic acids is 2. The minimum atomic E-state index is -0.786. The van der Waals surface area contributed by atoms with Gasteiger partial charge in [0.1, 0.15) is 12.4 Å². The molecule has 3 rings (SSSR count). The fourth-order valence-corrected chi connectivity index (χ4v) is 2.03. The second kappa shape index (κ2) is 11.5. The van der Waals surface area contributed by atoms with Crippen LogP contribution in [-0.4, -0.2) is 12.2 Å². The van der Waals surface area contributed by atoms with Crippen LogP contribution in [0.5, 0.6) is 5.75 Å². The summed E-state index contributed by atoms with van der Waals surface area (Å²) in [6.45, 7) is 0.158. The van der Waals surface area contributed by atoms with Gasteiger partial charge >= 0.3 is 12.2 Å². The largest absolute Gasteiger partial charge is 0.445 e. The summed E-state index contributed by atoms with van der Waals surface area (Å²) in [6, 6.07) is 25.4. The highest BCUT2D eigenvalue weighted by molar-refractivity contribution is 5.67. The Bertz CT molecular complexity index is 930. The molecule has 0 fully saturated rings. The number of rotatable bonds is 5. The molecule has 8 nitrogen and oxygen atoms in total. The Labute approximate surface area is 167 Å². The maximum atomic E-state index is 10.5. The average Bonchev–Trinajstić information content (AvgIpc) is 2.73. The van der Waals surface area contributed by atoms with Crippen LogP contribution in [0.25, 0.3) is 0 Å². The minimum Gasteiger partial charge on any atom is -0.445 e. The zero-order chi connectivity index (χ0) is 20.9. The molecule has 0 radical (unpaired) electrons. The summed E-state index contributed by atoms with van der Waals surface area (Å²) in [5.41, 5.74) is 12.0. The molecule has 29 heavy (non-hydrogen) atoms. The van der Waals surface area contributed by atoms with Gasteiger partial charge in [-0.2, -0.15) is 10.2 Å². The van der Waals surface area contributed by atoms with Crippen LogP contribution in [0.2, 0.25) is 0 Å². The number of benzene rings is 3. The number of carbonyl (C=O) groups is 2. The number of hydrogen-bond donors (Lipinski definition) is 2. The number of ether oxygens (including phenoxy) is 2. The number of nitrogens with two attached hydrogens (primary N) is 2. The zero-order valence-corrected chi connectivity index (χ0v) is 15.5. The molecule has 148 valence electrons. The number of nitrogens with zero attached hydrogens (tertiary/aromatic N) is 2.